The largest absolute Gasteiger partial charge is 0.116 e. The van der Waals surface area contributed by atoms with Crippen LogP contribution in [0.3, 0.4) is 0 Å². The van der Waals surface area contributed by atoms with E-state index in [1.54, 1.807) is 0 Å². The van der Waals surface area contributed by atoms with E-state index in [1.165, 1.54) is 31.7 Å². The van der Waals surface area contributed by atoms with Gasteiger partial charge >= 0.3 is 0 Å². The highest BCUT2D eigenvalue weighted by Crippen LogP contribution is 2.59. The normalized spacial score (nSPS) is 18.3. The molecule has 0 saturated carbocycles. The zero-order valence-corrected chi connectivity index (χ0v) is 15.8. The van der Waals surface area contributed by atoms with Crippen LogP contribution in [0.2, 0.25) is 0 Å². The summed E-state index contributed by atoms with van der Waals surface area (Å²) in [6.07, 6.45) is 0. The maximum Gasteiger partial charge on any atom is 0.0514 e. The predicted octanol–water partition coefficient (Wildman–Crippen LogP) is 7.52. The number of benzene rings is 4. The van der Waals surface area contributed by atoms with Crippen molar-refractivity contribution in [1.82, 2.24) is 0 Å². The molecule has 5 rings (SSSR count). The van der Waals surface area contributed by atoms with Crippen molar-refractivity contribution < 1.29 is 0 Å². The summed E-state index contributed by atoms with van der Waals surface area (Å²) >= 11 is 3.97. The molecular weight excluding hydrogens is 352 g/mol. The van der Waals surface area contributed by atoms with Gasteiger partial charge in [-0.3, -0.25) is 0 Å². The molecule has 4 aromatic carbocycles. The Kier molecular flexibility index (Phi) is 4.24. The third-order valence-electron chi connectivity index (χ3n) is 4.87. The van der Waals surface area contributed by atoms with Gasteiger partial charge in [0.05, 0.1) is 10.5 Å². The summed E-state index contributed by atoms with van der Waals surface area (Å²) in [7, 11) is 0. The minimum atomic E-state index is 0.420. The van der Waals surface area contributed by atoms with Gasteiger partial charge in [0.25, 0.3) is 0 Å². The molecule has 0 bridgehead atoms. The van der Waals surface area contributed by atoms with Gasteiger partial charge in [0.2, 0.25) is 0 Å². The minimum Gasteiger partial charge on any atom is -0.116 e. The Balaban J connectivity index is 1.61. The van der Waals surface area contributed by atoms with Gasteiger partial charge in [-0.2, -0.15) is 0 Å². The highest BCUT2D eigenvalue weighted by atomic mass is 32.2. The molecule has 0 amide bonds. The predicted molar refractivity (Wildman–Crippen MR) is 114 cm³/mol. The average molecular weight is 371 g/mol. The van der Waals surface area contributed by atoms with Crippen LogP contribution in [-0.2, 0) is 0 Å². The molecule has 0 N–H and O–H groups in total. The van der Waals surface area contributed by atoms with Gasteiger partial charge in [-0.05, 0) is 46.2 Å². The van der Waals surface area contributed by atoms with Crippen molar-refractivity contribution in [2.75, 3.05) is 0 Å². The standard InChI is InChI=1S/C24H18S2/c1-3-11-18(12-4-1)25-23-20-15-7-9-17-10-8-16-21(22(17)20)24(23)26-19-13-5-2-6-14-19/h1-16,23-24H/t23-,24+. The lowest BCUT2D eigenvalue weighted by atomic mass is 10.1. The van der Waals surface area contributed by atoms with E-state index in [0.717, 1.165) is 0 Å². The highest BCUT2D eigenvalue weighted by molar-refractivity contribution is 8.03. The van der Waals surface area contributed by atoms with Gasteiger partial charge in [0.15, 0.2) is 0 Å². The molecule has 126 valence electrons. The second-order valence-electron chi connectivity index (χ2n) is 6.50. The molecule has 0 aliphatic heterocycles. The molecule has 0 heterocycles. The van der Waals surface area contributed by atoms with Crippen molar-refractivity contribution in [2.45, 2.75) is 20.3 Å². The number of thioether (sulfide) groups is 2. The lowest BCUT2D eigenvalue weighted by Crippen LogP contribution is -1.98. The van der Waals surface area contributed by atoms with E-state index in [2.05, 4.69) is 97.1 Å². The molecule has 1 aliphatic carbocycles. The molecule has 0 spiro atoms. The van der Waals surface area contributed by atoms with Gasteiger partial charge in [-0.25, -0.2) is 0 Å². The monoisotopic (exact) mass is 370 g/mol. The summed E-state index contributed by atoms with van der Waals surface area (Å²) in [5.41, 5.74) is 2.95. The average Bonchev–Trinajstić information content (AvgIpc) is 2.99. The summed E-state index contributed by atoms with van der Waals surface area (Å²) in [6.45, 7) is 0. The first kappa shape index (κ1) is 16.0. The number of hydrogen-bond acceptors (Lipinski definition) is 2. The molecule has 0 nitrogen and oxygen atoms in total. The van der Waals surface area contributed by atoms with Crippen LogP contribution in [0.15, 0.2) is 107 Å². The van der Waals surface area contributed by atoms with Crippen LogP contribution in [0, 0.1) is 0 Å². The van der Waals surface area contributed by atoms with E-state index >= 15 is 0 Å². The van der Waals surface area contributed by atoms with E-state index in [9.17, 15) is 0 Å². The van der Waals surface area contributed by atoms with Crippen LogP contribution >= 0.6 is 23.5 Å². The molecule has 0 unspecified atom stereocenters. The topological polar surface area (TPSA) is 0 Å². The number of rotatable bonds is 4. The SMILES string of the molecule is c1ccc(S[C@@H]2c3cccc4cccc(c34)[C@@H]2Sc2ccccc2)cc1. The maximum absolute atomic E-state index is 2.32. The van der Waals surface area contributed by atoms with Crippen LogP contribution in [0.1, 0.15) is 21.6 Å². The molecule has 0 radical (unpaired) electrons. The lowest BCUT2D eigenvalue weighted by Gasteiger charge is -2.21. The fourth-order valence-corrected chi connectivity index (χ4v) is 6.48. The van der Waals surface area contributed by atoms with Crippen molar-refractivity contribution in [3.63, 3.8) is 0 Å². The van der Waals surface area contributed by atoms with Gasteiger partial charge in [-0.1, -0.05) is 72.8 Å². The molecule has 0 aromatic heterocycles. The van der Waals surface area contributed by atoms with Gasteiger partial charge < -0.3 is 0 Å². The van der Waals surface area contributed by atoms with E-state index in [1.807, 2.05) is 23.5 Å². The molecule has 26 heavy (non-hydrogen) atoms. The van der Waals surface area contributed by atoms with E-state index in [4.69, 9.17) is 0 Å². The lowest BCUT2D eigenvalue weighted by molar-refractivity contribution is 0.959. The third kappa shape index (κ3) is 2.84. The van der Waals surface area contributed by atoms with Crippen molar-refractivity contribution in [3.8, 4) is 0 Å². The Morgan fingerprint density at radius 3 is 1.38 bits per heavy atom. The first-order valence-electron chi connectivity index (χ1n) is 8.85. The zero-order valence-electron chi connectivity index (χ0n) is 14.2. The summed E-state index contributed by atoms with van der Waals surface area (Å²) in [5, 5.41) is 3.65. The Labute approximate surface area is 162 Å². The van der Waals surface area contributed by atoms with Gasteiger partial charge in [0.1, 0.15) is 0 Å². The Bertz CT molecular complexity index is 959. The molecule has 2 heteroatoms. The van der Waals surface area contributed by atoms with Crippen LogP contribution in [0.4, 0.5) is 0 Å². The summed E-state index contributed by atoms with van der Waals surface area (Å²) in [6, 6.07) is 35.1. The molecule has 4 aromatic rings. The molecule has 0 saturated heterocycles. The summed E-state index contributed by atoms with van der Waals surface area (Å²) in [5.74, 6) is 0. The second kappa shape index (κ2) is 6.86. The van der Waals surface area contributed by atoms with Crippen molar-refractivity contribution >= 4 is 34.3 Å². The van der Waals surface area contributed by atoms with E-state index < -0.39 is 0 Å². The Hall–Kier alpha value is -2.16. The smallest absolute Gasteiger partial charge is 0.0514 e. The molecule has 2 atom stereocenters. The summed E-state index contributed by atoms with van der Waals surface area (Å²) in [4.78, 5) is 2.67. The van der Waals surface area contributed by atoms with E-state index in [0.29, 0.717) is 10.5 Å². The van der Waals surface area contributed by atoms with E-state index in [-0.39, 0.29) is 0 Å². The fourth-order valence-electron chi connectivity index (χ4n) is 3.74. The van der Waals surface area contributed by atoms with Crippen molar-refractivity contribution in [1.29, 1.82) is 0 Å². The Morgan fingerprint density at radius 1 is 0.462 bits per heavy atom. The first-order valence-corrected chi connectivity index (χ1v) is 10.6. The first-order chi connectivity index (χ1) is 12.9. The van der Waals surface area contributed by atoms with Crippen molar-refractivity contribution in [2.24, 2.45) is 0 Å². The minimum absolute atomic E-state index is 0.420. The zero-order chi connectivity index (χ0) is 17.3. The number of hydrogen-bond donors (Lipinski definition) is 0. The maximum atomic E-state index is 2.32. The fraction of sp³-hybridized carbons (Fsp3) is 0.0833. The quantitative estimate of drug-likeness (QED) is 0.364. The molecule has 1 aliphatic rings. The van der Waals surface area contributed by atoms with Crippen molar-refractivity contribution in [3.05, 3.63) is 108 Å². The van der Waals surface area contributed by atoms with Crippen LogP contribution in [-0.4, -0.2) is 0 Å². The van der Waals surface area contributed by atoms with Crippen LogP contribution in [0.25, 0.3) is 10.8 Å². The Morgan fingerprint density at radius 2 is 0.923 bits per heavy atom. The molecular formula is C24H18S2. The van der Waals surface area contributed by atoms with Crippen LogP contribution in [0.5, 0.6) is 0 Å². The second-order valence-corrected chi connectivity index (χ2v) is 8.93. The van der Waals surface area contributed by atoms with Gasteiger partial charge in [-0.15, -0.1) is 23.5 Å². The summed E-state index contributed by atoms with van der Waals surface area (Å²) < 4.78 is 0. The van der Waals surface area contributed by atoms with Gasteiger partial charge in [0, 0.05) is 9.79 Å². The molecule has 0 fully saturated rings. The highest BCUT2D eigenvalue weighted by Gasteiger charge is 2.35. The van der Waals surface area contributed by atoms with Crippen LogP contribution < -0.4 is 0 Å². The third-order valence-corrected chi connectivity index (χ3v) is 7.69.